The number of hydrogen-bond acceptors (Lipinski definition) is 0. The molecule has 1 aliphatic carbocycles. The highest BCUT2D eigenvalue weighted by atomic mass is 14.2. The Kier molecular flexibility index (Phi) is 4.21. The fraction of sp³-hybridized carbons (Fsp3) is 0.438. The molecule has 0 fully saturated rings. The van der Waals surface area contributed by atoms with Crippen LogP contribution >= 0.6 is 0 Å². The van der Waals surface area contributed by atoms with Gasteiger partial charge in [0, 0.05) is 0 Å². The van der Waals surface area contributed by atoms with Crippen molar-refractivity contribution in [1.82, 2.24) is 0 Å². The lowest BCUT2D eigenvalue weighted by Gasteiger charge is -2.21. The summed E-state index contributed by atoms with van der Waals surface area (Å²) in [6.45, 7) is 3.89. The Labute approximate surface area is 99.4 Å². The topological polar surface area (TPSA) is 0 Å². The minimum Gasteiger partial charge on any atom is -0.0833 e. The molecule has 1 radical (unpaired) electrons. The van der Waals surface area contributed by atoms with E-state index < -0.39 is 0 Å². The first kappa shape index (κ1) is 11.4. The number of fused-ring (bicyclic) bond motifs is 1. The van der Waals surface area contributed by atoms with Crippen molar-refractivity contribution in [2.75, 3.05) is 0 Å². The second-order valence-electron chi connectivity index (χ2n) is 4.67. The molecular formula is C16H21. The predicted molar refractivity (Wildman–Crippen MR) is 71.3 cm³/mol. The average molecular weight is 213 g/mol. The highest BCUT2D eigenvalue weighted by Gasteiger charge is 2.15. The van der Waals surface area contributed by atoms with Crippen LogP contribution in [-0.4, -0.2) is 0 Å². The lowest BCUT2D eigenvalue weighted by molar-refractivity contribution is 0.559. The third kappa shape index (κ3) is 2.75. The van der Waals surface area contributed by atoms with Crippen LogP contribution in [0.2, 0.25) is 0 Å². The minimum atomic E-state index is 0.756. The number of unbranched alkanes of at least 4 members (excludes halogenated alkanes) is 3. The van der Waals surface area contributed by atoms with Crippen LogP contribution in [0.1, 0.15) is 55.6 Å². The summed E-state index contributed by atoms with van der Waals surface area (Å²) in [6.07, 6.45) is 12.2. The maximum absolute atomic E-state index is 3.89. The van der Waals surface area contributed by atoms with Gasteiger partial charge in [0.2, 0.25) is 0 Å². The molecule has 0 saturated heterocycles. The first-order valence-electron chi connectivity index (χ1n) is 6.46. The van der Waals surface area contributed by atoms with E-state index in [2.05, 4.69) is 43.3 Å². The lowest BCUT2D eigenvalue weighted by Crippen LogP contribution is -2.03. The molecule has 1 unspecified atom stereocenters. The Morgan fingerprint density at radius 3 is 2.88 bits per heavy atom. The predicted octanol–water partition coefficient (Wildman–Crippen LogP) is 4.97. The molecule has 0 amide bonds. The monoisotopic (exact) mass is 213 g/mol. The Morgan fingerprint density at radius 1 is 1.12 bits per heavy atom. The average Bonchev–Trinajstić information content (AvgIpc) is 2.35. The molecule has 0 aliphatic heterocycles. The quantitative estimate of drug-likeness (QED) is 0.606. The highest BCUT2D eigenvalue weighted by molar-refractivity contribution is 5.57. The van der Waals surface area contributed by atoms with Crippen LogP contribution in [0, 0.1) is 6.92 Å². The van der Waals surface area contributed by atoms with E-state index in [1.165, 1.54) is 37.7 Å². The van der Waals surface area contributed by atoms with Gasteiger partial charge in [-0.2, -0.15) is 0 Å². The van der Waals surface area contributed by atoms with E-state index in [0.717, 1.165) is 12.3 Å². The third-order valence-electron chi connectivity index (χ3n) is 3.46. The van der Waals surface area contributed by atoms with Gasteiger partial charge in [-0.05, 0) is 29.9 Å². The third-order valence-corrected chi connectivity index (χ3v) is 3.46. The van der Waals surface area contributed by atoms with Crippen molar-refractivity contribution in [3.05, 3.63) is 48.4 Å². The standard InChI is InChI=1S/C16H21/c1-2-3-4-5-9-14-11-8-12-15-10-6-7-13-16(14)15/h6-8,10,12-14H,1-5,9,11H2. The molecule has 0 bridgehead atoms. The van der Waals surface area contributed by atoms with Crippen LogP contribution in [0.15, 0.2) is 30.3 Å². The van der Waals surface area contributed by atoms with Crippen LogP contribution in [0.5, 0.6) is 0 Å². The van der Waals surface area contributed by atoms with Crippen LogP contribution in [0.25, 0.3) is 6.08 Å². The van der Waals surface area contributed by atoms with E-state index >= 15 is 0 Å². The van der Waals surface area contributed by atoms with Crippen molar-refractivity contribution < 1.29 is 0 Å². The van der Waals surface area contributed by atoms with Gasteiger partial charge in [-0.3, -0.25) is 0 Å². The summed E-state index contributed by atoms with van der Waals surface area (Å²) in [5.74, 6) is 0.756. The zero-order valence-corrected chi connectivity index (χ0v) is 9.99. The van der Waals surface area contributed by atoms with Crippen LogP contribution in [-0.2, 0) is 0 Å². The Bertz CT molecular complexity index is 349. The molecule has 0 nitrogen and oxygen atoms in total. The Hall–Kier alpha value is -1.04. The van der Waals surface area contributed by atoms with Crippen molar-refractivity contribution in [3.8, 4) is 0 Å². The van der Waals surface area contributed by atoms with Gasteiger partial charge in [0.25, 0.3) is 0 Å². The Morgan fingerprint density at radius 2 is 2.00 bits per heavy atom. The van der Waals surface area contributed by atoms with E-state index in [-0.39, 0.29) is 0 Å². The summed E-state index contributed by atoms with van der Waals surface area (Å²) >= 11 is 0. The highest BCUT2D eigenvalue weighted by Crippen LogP contribution is 2.33. The van der Waals surface area contributed by atoms with E-state index in [1.54, 1.807) is 5.56 Å². The summed E-state index contributed by atoms with van der Waals surface area (Å²) < 4.78 is 0. The van der Waals surface area contributed by atoms with Crippen molar-refractivity contribution in [2.24, 2.45) is 0 Å². The van der Waals surface area contributed by atoms with Gasteiger partial charge in [0.05, 0.1) is 0 Å². The summed E-state index contributed by atoms with van der Waals surface area (Å²) in [7, 11) is 0. The Balaban J connectivity index is 1.94. The molecule has 0 N–H and O–H groups in total. The molecule has 1 atom stereocenters. The fourth-order valence-corrected chi connectivity index (χ4v) is 2.54. The molecule has 0 heterocycles. The smallest absolute Gasteiger partial charge is 0.0121 e. The number of hydrogen-bond donors (Lipinski definition) is 0. The molecule has 2 rings (SSSR count). The molecule has 0 spiro atoms. The number of rotatable bonds is 5. The van der Waals surface area contributed by atoms with E-state index in [0.29, 0.717) is 0 Å². The van der Waals surface area contributed by atoms with Gasteiger partial charge in [0.1, 0.15) is 0 Å². The van der Waals surface area contributed by atoms with Gasteiger partial charge >= 0.3 is 0 Å². The molecule has 85 valence electrons. The minimum absolute atomic E-state index is 0.756. The molecule has 1 aromatic rings. The van der Waals surface area contributed by atoms with Gasteiger partial charge in [-0.25, -0.2) is 0 Å². The summed E-state index contributed by atoms with van der Waals surface area (Å²) in [5.41, 5.74) is 2.98. The molecule has 0 saturated carbocycles. The summed E-state index contributed by atoms with van der Waals surface area (Å²) in [4.78, 5) is 0. The zero-order chi connectivity index (χ0) is 11.2. The normalized spacial score (nSPS) is 18.4. The fourth-order valence-electron chi connectivity index (χ4n) is 2.54. The van der Waals surface area contributed by atoms with Crippen molar-refractivity contribution in [2.45, 2.75) is 44.4 Å². The number of allylic oxidation sites excluding steroid dienone is 1. The molecule has 0 aromatic heterocycles. The van der Waals surface area contributed by atoms with E-state index in [1.807, 2.05) is 0 Å². The van der Waals surface area contributed by atoms with Gasteiger partial charge in [-0.1, -0.05) is 69.0 Å². The van der Waals surface area contributed by atoms with Gasteiger partial charge in [0.15, 0.2) is 0 Å². The maximum Gasteiger partial charge on any atom is -0.0121 e. The van der Waals surface area contributed by atoms with Crippen molar-refractivity contribution in [3.63, 3.8) is 0 Å². The zero-order valence-electron chi connectivity index (χ0n) is 9.99. The summed E-state index contributed by atoms with van der Waals surface area (Å²) in [5, 5.41) is 0. The molecule has 1 aromatic carbocycles. The molecule has 1 aliphatic rings. The van der Waals surface area contributed by atoms with Crippen molar-refractivity contribution >= 4 is 6.08 Å². The van der Waals surface area contributed by atoms with E-state index in [4.69, 9.17) is 0 Å². The first-order chi connectivity index (χ1) is 7.92. The SMILES string of the molecule is [CH2]CCCCCC1CC=Cc2ccccc21. The maximum atomic E-state index is 3.89. The second kappa shape index (κ2) is 5.89. The molecule has 16 heavy (non-hydrogen) atoms. The van der Waals surface area contributed by atoms with Gasteiger partial charge < -0.3 is 0 Å². The molecule has 0 heteroatoms. The summed E-state index contributed by atoms with van der Waals surface area (Å²) in [6, 6.07) is 8.83. The van der Waals surface area contributed by atoms with E-state index in [9.17, 15) is 0 Å². The second-order valence-corrected chi connectivity index (χ2v) is 4.67. The van der Waals surface area contributed by atoms with Crippen molar-refractivity contribution in [1.29, 1.82) is 0 Å². The number of benzene rings is 1. The van der Waals surface area contributed by atoms with Crippen LogP contribution in [0.4, 0.5) is 0 Å². The molecular weight excluding hydrogens is 192 g/mol. The van der Waals surface area contributed by atoms with Gasteiger partial charge in [-0.15, -0.1) is 0 Å². The first-order valence-corrected chi connectivity index (χ1v) is 6.46. The van der Waals surface area contributed by atoms with Crippen LogP contribution < -0.4 is 0 Å². The van der Waals surface area contributed by atoms with Crippen LogP contribution in [0.3, 0.4) is 0 Å². The lowest BCUT2D eigenvalue weighted by atomic mass is 9.84. The largest absolute Gasteiger partial charge is 0.0833 e.